The fraction of sp³-hybridized carbons (Fsp3) is 0.882. The van der Waals surface area contributed by atoms with Crippen LogP contribution in [-0.2, 0) is 0 Å². The number of hydrogen-bond acceptors (Lipinski definition) is 6. The molecule has 0 aliphatic carbocycles. The highest BCUT2D eigenvalue weighted by Crippen LogP contribution is 2.15. The van der Waals surface area contributed by atoms with Gasteiger partial charge in [-0.1, -0.05) is 6.42 Å². The number of nitrogens with one attached hydrogen (secondary N) is 1. The number of nitrogens with zero attached hydrogens (tertiary/aromatic N) is 3. The summed E-state index contributed by atoms with van der Waals surface area (Å²) in [5, 5.41) is 3.29. The average Bonchev–Trinajstić information content (AvgIpc) is 2.91. The van der Waals surface area contributed by atoms with Gasteiger partial charge in [0.05, 0.1) is 5.84 Å². The molecule has 8 nitrogen and oxygen atoms in total. The number of fused-ring (bicyclic) bond motifs is 1. The molecule has 0 radical (unpaired) electrons. The summed E-state index contributed by atoms with van der Waals surface area (Å²) >= 11 is 4.67. The fourth-order valence-corrected chi connectivity index (χ4v) is 2.69. The van der Waals surface area contributed by atoms with E-state index in [-0.39, 0.29) is 5.96 Å². The van der Waals surface area contributed by atoms with Crippen LogP contribution in [0.25, 0.3) is 0 Å². The minimum atomic E-state index is -0.105. The molecule has 0 spiro atoms. The van der Waals surface area contributed by atoms with Crippen LogP contribution in [0.4, 0.5) is 0 Å². The molecule has 0 unspecified atom stereocenters. The molecule has 0 saturated carbocycles. The van der Waals surface area contributed by atoms with E-state index in [1.54, 1.807) is 0 Å². The van der Waals surface area contributed by atoms with E-state index < -0.39 is 0 Å². The molecule has 0 amide bonds. The van der Waals surface area contributed by atoms with Gasteiger partial charge in [0.25, 0.3) is 0 Å². The Morgan fingerprint density at radius 2 is 1.65 bits per heavy atom. The standard InChI is InChI=1S/C9H16N2.C7H19N3.CH4ClN3/c1-2-5-9-10-6-4-8-11(9)7-3-1;8-4-1-2-6-10-7-3-5-9;2-5-1(3)4/h1-8H2;10H,1-9H2;(H4,3,4,5). The molecule has 9 N–H and O–H groups in total. The number of rotatable bonds is 7. The first-order valence-corrected chi connectivity index (χ1v) is 10.1. The zero-order chi connectivity index (χ0) is 19.5. The summed E-state index contributed by atoms with van der Waals surface area (Å²) in [5.41, 5.74) is 20.0. The third-order valence-corrected chi connectivity index (χ3v) is 4.23. The number of aliphatic imine (C=N–C) groups is 1. The highest BCUT2D eigenvalue weighted by molar-refractivity contribution is 6.19. The maximum absolute atomic E-state index is 5.32. The number of halogens is 1. The topological polar surface area (TPSA) is 144 Å². The van der Waals surface area contributed by atoms with Crippen LogP contribution in [0.15, 0.2) is 9.50 Å². The van der Waals surface area contributed by atoms with Gasteiger partial charge in [0.1, 0.15) is 0 Å². The van der Waals surface area contributed by atoms with Crippen molar-refractivity contribution < 1.29 is 0 Å². The van der Waals surface area contributed by atoms with E-state index in [4.69, 9.17) is 11.5 Å². The van der Waals surface area contributed by atoms with E-state index in [2.05, 4.69) is 43.0 Å². The summed E-state index contributed by atoms with van der Waals surface area (Å²) in [5.74, 6) is 1.29. The third-order valence-electron chi connectivity index (χ3n) is 4.04. The Balaban J connectivity index is 0.000000388. The first-order chi connectivity index (χ1) is 12.7. The molecule has 154 valence electrons. The summed E-state index contributed by atoms with van der Waals surface area (Å²) in [6.07, 6.45) is 10.0. The van der Waals surface area contributed by atoms with Gasteiger partial charge in [-0.25, -0.2) is 0 Å². The minimum Gasteiger partial charge on any atom is -0.369 e. The fourth-order valence-electron chi connectivity index (χ4n) is 2.69. The van der Waals surface area contributed by atoms with Crippen molar-refractivity contribution in [1.82, 2.24) is 10.2 Å². The van der Waals surface area contributed by atoms with E-state index in [0.29, 0.717) is 0 Å². The number of guanidine groups is 1. The molecule has 0 bridgehead atoms. The Morgan fingerprint density at radius 1 is 1.00 bits per heavy atom. The van der Waals surface area contributed by atoms with Crippen molar-refractivity contribution in [3.05, 3.63) is 0 Å². The van der Waals surface area contributed by atoms with Gasteiger partial charge in [0.15, 0.2) is 0 Å². The Bertz CT molecular complexity index is 364. The predicted octanol–water partition coefficient (Wildman–Crippen LogP) is 0.742. The Kier molecular flexibility index (Phi) is 17.9. The molecule has 0 atom stereocenters. The minimum absolute atomic E-state index is 0.105. The monoisotopic (exact) mass is 390 g/mol. The lowest BCUT2D eigenvalue weighted by Gasteiger charge is -2.27. The van der Waals surface area contributed by atoms with E-state index in [1.807, 2.05) is 0 Å². The molecule has 9 heteroatoms. The molecular formula is C17H39ClN8. The quantitative estimate of drug-likeness (QED) is 0.246. The Labute approximate surface area is 163 Å². The van der Waals surface area contributed by atoms with Crippen molar-refractivity contribution in [1.29, 1.82) is 0 Å². The summed E-state index contributed by atoms with van der Waals surface area (Å²) in [7, 11) is 0. The van der Waals surface area contributed by atoms with Gasteiger partial charge in [0, 0.05) is 37.8 Å². The van der Waals surface area contributed by atoms with Crippen LogP contribution < -0.4 is 28.3 Å². The second-order valence-corrected chi connectivity index (χ2v) is 6.52. The van der Waals surface area contributed by atoms with Gasteiger partial charge in [0.2, 0.25) is 5.96 Å². The second kappa shape index (κ2) is 18.7. The summed E-state index contributed by atoms with van der Waals surface area (Å²) in [4.78, 5) is 7.04. The van der Waals surface area contributed by atoms with Crippen molar-refractivity contribution in [3.63, 3.8) is 0 Å². The number of amidine groups is 1. The average molecular weight is 391 g/mol. The molecule has 1 saturated heterocycles. The molecule has 0 aromatic rings. The van der Waals surface area contributed by atoms with Crippen LogP contribution in [0.1, 0.15) is 51.4 Å². The predicted molar refractivity (Wildman–Crippen MR) is 113 cm³/mol. The van der Waals surface area contributed by atoms with Gasteiger partial charge < -0.3 is 33.2 Å². The maximum atomic E-state index is 5.32. The van der Waals surface area contributed by atoms with Crippen LogP contribution in [0, 0.1) is 0 Å². The lowest BCUT2D eigenvalue weighted by Crippen LogP contribution is -2.34. The van der Waals surface area contributed by atoms with Gasteiger partial charge in [-0.05, 0) is 64.7 Å². The van der Waals surface area contributed by atoms with E-state index >= 15 is 0 Å². The second-order valence-electron chi connectivity index (χ2n) is 6.35. The van der Waals surface area contributed by atoms with Crippen LogP contribution in [-0.4, -0.2) is 62.5 Å². The Hall–Kier alpha value is -1.09. The van der Waals surface area contributed by atoms with Crippen molar-refractivity contribution >= 4 is 23.6 Å². The van der Waals surface area contributed by atoms with Gasteiger partial charge in [-0.2, -0.15) is 0 Å². The van der Waals surface area contributed by atoms with Crippen molar-refractivity contribution in [2.75, 3.05) is 45.8 Å². The van der Waals surface area contributed by atoms with E-state index in [9.17, 15) is 0 Å². The molecule has 2 heterocycles. The normalized spacial score (nSPS) is 16.0. The first kappa shape index (κ1) is 24.9. The smallest absolute Gasteiger partial charge is 0.203 e. The molecular weight excluding hydrogens is 352 g/mol. The molecule has 1 fully saturated rings. The maximum Gasteiger partial charge on any atom is 0.203 e. The molecule has 0 aromatic heterocycles. The largest absolute Gasteiger partial charge is 0.369 e. The molecule has 26 heavy (non-hydrogen) atoms. The number of unbranched alkanes of at least 4 members (excludes halogenated alkanes) is 1. The highest BCUT2D eigenvalue weighted by atomic mass is 35.5. The van der Waals surface area contributed by atoms with Crippen molar-refractivity contribution in [3.8, 4) is 0 Å². The van der Waals surface area contributed by atoms with Crippen LogP contribution in [0.2, 0.25) is 0 Å². The van der Waals surface area contributed by atoms with Crippen LogP contribution in [0.3, 0.4) is 0 Å². The number of hydrogen-bond donors (Lipinski definition) is 5. The SMILES string of the molecule is C1CCC2=NCCCN2CC1.NC(N)=NCl.NCCCCNCCCN. The van der Waals surface area contributed by atoms with Gasteiger partial charge in [-0.3, -0.25) is 4.99 Å². The van der Waals surface area contributed by atoms with Gasteiger partial charge >= 0.3 is 0 Å². The molecule has 2 aliphatic rings. The zero-order valence-electron chi connectivity index (χ0n) is 16.1. The lowest BCUT2D eigenvalue weighted by atomic mass is 10.2. The molecule has 0 aromatic carbocycles. The van der Waals surface area contributed by atoms with E-state index in [0.717, 1.165) is 45.6 Å². The van der Waals surface area contributed by atoms with Gasteiger partial charge in [-0.15, -0.1) is 4.51 Å². The third kappa shape index (κ3) is 15.2. The summed E-state index contributed by atoms with van der Waals surface area (Å²) in [6.45, 7) is 7.31. The van der Waals surface area contributed by atoms with Crippen molar-refractivity contribution in [2.24, 2.45) is 32.4 Å². The first-order valence-electron chi connectivity index (χ1n) is 9.74. The summed E-state index contributed by atoms with van der Waals surface area (Å²) < 4.78 is 2.83. The van der Waals surface area contributed by atoms with Crippen LogP contribution >= 0.6 is 11.8 Å². The highest BCUT2D eigenvalue weighted by Gasteiger charge is 2.16. The molecule has 2 rings (SSSR count). The Morgan fingerprint density at radius 3 is 2.31 bits per heavy atom. The summed E-state index contributed by atoms with van der Waals surface area (Å²) in [6, 6.07) is 0. The molecule has 2 aliphatic heterocycles. The van der Waals surface area contributed by atoms with E-state index in [1.165, 1.54) is 57.5 Å². The van der Waals surface area contributed by atoms with Crippen LogP contribution in [0.5, 0.6) is 0 Å². The van der Waals surface area contributed by atoms with Crippen molar-refractivity contribution in [2.45, 2.75) is 51.4 Å². The lowest BCUT2D eigenvalue weighted by molar-refractivity contribution is 0.391. The zero-order valence-corrected chi connectivity index (χ0v) is 16.9. The number of nitrogens with two attached hydrogens (primary N) is 4.